The van der Waals surface area contributed by atoms with Crippen molar-refractivity contribution in [1.82, 2.24) is 15.1 Å². The molecule has 1 heterocycles. The third kappa shape index (κ3) is 3.68. The summed E-state index contributed by atoms with van der Waals surface area (Å²) in [5.74, 6) is -0.101. The summed E-state index contributed by atoms with van der Waals surface area (Å²) < 4.78 is 1.76. The van der Waals surface area contributed by atoms with Crippen LogP contribution in [-0.2, 0) is 11.2 Å². The molecule has 1 aromatic carbocycles. The molecular formula is C15H19N3O2. The lowest BCUT2D eigenvalue weighted by Gasteiger charge is -2.23. The average molecular weight is 273 g/mol. The number of carbonyl (C=O) groups excluding carboxylic acids is 1. The molecule has 0 atom stereocenters. The number of carbonyl (C=O) groups is 1. The van der Waals surface area contributed by atoms with Crippen LogP contribution in [0.15, 0.2) is 42.7 Å². The van der Waals surface area contributed by atoms with Gasteiger partial charge in [0.2, 0.25) is 5.91 Å². The van der Waals surface area contributed by atoms with Gasteiger partial charge in [-0.2, -0.15) is 5.10 Å². The number of nitrogens with zero attached hydrogens (tertiary/aromatic N) is 2. The SMILES string of the molecule is CC(C)(CO)NC(=O)Cc1ccc(-n2cccn2)cc1. The highest BCUT2D eigenvalue weighted by atomic mass is 16.3. The standard InChI is InChI=1S/C15H19N3O2/c1-15(2,11-19)17-14(20)10-12-4-6-13(7-5-12)18-9-3-8-16-18/h3-9,19H,10-11H2,1-2H3,(H,17,20). The molecule has 0 saturated carbocycles. The van der Waals surface area contributed by atoms with Crippen LogP contribution in [0.2, 0.25) is 0 Å². The first-order valence-corrected chi connectivity index (χ1v) is 6.51. The van der Waals surface area contributed by atoms with E-state index in [0.717, 1.165) is 11.3 Å². The largest absolute Gasteiger partial charge is 0.394 e. The van der Waals surface area contributed by atoms with Crippen LogP contribution >= 0.6 is 0 Å². The van der Waals surface area contributed by atoms with Crippen LogP contribution in [0.1, 0.15) is 19.4 Å². The molecule has 20 heavy (non-hydrogen) atoms. The number of aliphatic hydroxyl groups excluding tert-OH is 1. The molecule has 0 fully saturated rings. The molecule has 1 aromatic heterocycles. The molecule has 2 N–H and O–H groups in total. The average Bonchev–Trinajstić information content (AvgIpc) is 2.93. The number of aliphatic hydroxyl groups is 1. The zero-order valence-electron chi connectivity index (χ0n) is 11.7. The molecule has 1 amide bonds. The van der Waals surface area contributed by atoms with E-state index < -0.39 is 5.54 Å². The molecule has 5 heteroatoms. The third-order valence-corrected chi connectivity index (χ3v) is 2.94. The molecule has 0 bridgehead atoms. The summed E-state index contributed by atoms with van der Waals surface area (Å²) in [7, 11) is 0. The number of rotatable bonds is 5. The molecule has 0 spiro atoms. The number of benzene rings is 1. The zero-order chi connectivity index (χ0) is 14.6. The number of hydrogen-bond acceptors (Lipinski definition) is 3. The molecular weight excluding hydrogens is 254 g/mol. The molecule has 5 nitrogen and oxygen atoms in total. The molecule has 0 aliphatic carbocycles. The van der Waals surface area contributed by atoms with Gasteiger partial charge in [-0.25, -0.2) is 4.68 Å². The molecule has 2 rings (SSSR count). The second-order valence-electron chi connectivity index (χ2n) is 5.38. The Bertz CT molecular complexity index is 559. The van der Waals surface area contributed by atoms with Crippen LogP contribution in [0.4, 0.5) is 0 Å². The van der Waals surface area contributed by atoms with E-state index in [1.807, 2.05) is 36.5 Å². The van der Waals surface area contributed by atoms with E-state index in [1.54, 1.807) is 24.7 Å². The van der Waals surface area contributed by atoms with Gasteiger partial charge in [0.15, 0.2) is 0 Å². The van der Waals surface area contributed by atoms with Gasteiger partial charge in [0.25, 0.3) is 0 Å². The fourth-order valence-corrected chi connectivity index (χ4v) is 1.83. The maximum Gasteiger partial charge on any atom is 0.224 e. The van der Waals surface area contributed by atoms with E-state index in [0.29, 0.717) is 6.42 Å². The monoisotopic (exact) mass is 273 g/mol. The Morgan fingerprint density at radius 2 is 2.05 bits per heavy atom. The van der Waals surface area contributed by atoms with Gasteiger partial charge in [-0.05, 0) is 37.6 Å². The Labute approximate surface area is 118 Å². The Balaban J connectivity index is 1.99. The van der Waals surface area contributed by atoms with Crippen LogP contribution in [0.25, 0.3) is 5.69 Å². The van der Waals surface area contributed by atoms with Crippen LogP contribution in [0.5, 0.6) is 0 Å². The maximum absolute atomic E-state index is 11.9. The summed E-state index contributed by atoms with van der Waals surface area (Å²) in [4.78, 5) is 11.9. The van der Waals surface area contributed by atoms with E-state index in [4.69, 9.17) is 5.11 Å². The predicted molar refractivity (Wildman–Crippen MR) is 76.6 cm³/mol. The second kappa shape index (κ2) is 5.88. The van der Waals surface area contributed by atoms with Crippen LogP contribution < -0.4 is 5.32 Å². The van der Waals surface area contributed by atoms with E-state index in [2.05, 4.69) is 10.4 Å². The smallest absolute Gasteiger partial charge is 0.224 e. The van der Waals surface area contributed by atoms with Crippen LogP contribution in [0, 0.1) is 0 Å². The Morgan fingerprint density at radius 3 is 2.60 bits per heavy atom. The first-order chi connectivity index (χ1) is 9.50. The number of aromatic nitrogens is 2. The van der Waals surface area contributed by atoms with Gasteiger partial charge in [-0.15, -0.1) is 0 Å². The summed E-state index contributed by atoms with van der Waals surface area (Å²) in [6.07, 6.45) is 3.88. The van der Waals surface area contributed by atoms with Gasteiger partial charge in [0.1, 0.15) is 0 Å². The molecule has 106 valence electrons. The summed E-state index contributed by atoms with van der Waals surface area (Å²) in [6.45, 7) is 3.48. The Kier molecular flexibility index (Phi) is 4.20. The molecule has 2 aromatic rings. The lowest BCUT2D eigenvalue weighted by molar-refractivity contribution is -0.122. The van der Waals surface area contributed by atoms with Gasteiger partial charge in [-0.3, -0.25) is 4.79 Å². The van der Waals surface area contributed by atoms with Gasteiger partial charge < -0.3 is 10.4 Å². The second-order valence-corrected chi connectivity index (χ2v) is 5.38. The van der Waals surface area contributed by atoms with Crippen molar-refractivity contribution in [3.8, 4) is 5.69 Å². The van der Waals surface area contributed by atoms with Crippen molar-refractivity contribution in [3.05, 3.63) is 48.3 Å². The molecule has 0 aliphatic rings. The van der Waals surface area contributed by atoms with Crippen molar-refractivity contribution in [1.29, 1.82) is 0 Å². The topological polar surface area (TPSA) is 67.2 Å². The van der Waals surface area contributed by atoms with E-state index >= 15 is 0 Å². The summed E-state index contributed by atoms with van der Waals surface area (Å²) in [5.41, 5.74) is 1.29. The third-order valence-electron chi connectivity index (χ3n) is 2.94. The fourth-order valence-electron chi connectivity index (χ4n) is 1.83. The van der Waals surface area contributed by atoms with Gasteiger partial charge in [-0.1, -0.05) is 12.1 Å². The normalized spacial score (nSPS) is 11.3. The Morgan fingerprint density at radius 1 is 1.35 bits per heavy atom. The van der Waals surface area contributed by atoms with Gasteiger partial charge in [0, 0.05) is 12.4 Å². The molecule has 0 radical (unpaired) electrons. The van der Waals surface area contributed by atoms with Gasteiger partial charge in [0.05, 0.1) is 24.3 Å². The molecule has 0 saturated heterocycles. The summed E-state index contributed by atoms with van der Waals surface area (Å²) >= 11 is 0. The van der Waals surface area contributed by atoms with Gasteiger partial charge >= 0.3 is 0 Å². The lowest BCUT2D eigenvalue weighted by Crippen LogP contribution is -2.46. The first-order valence-electron chi connectivity index (χ1n) is 6.51. The minimum atomic E-state index is -0.591. The van der Waals surface area contributed by atoms with Crippen molar-refractivity contribution in [2.75, 3.05) is 6.61 Å². The van der Waals surface area contributed by atoms with Crippen molar-refractivity contribution in [2.24, 2.45) is 0 Å². The number of hydrogen-bond donors (Lipinski definition) is 2. The quantitative estimate of drug-likeness (QED) is 0.863. The zero-order valence-corrected chi connectivity index (χ0v) is 11.7. The highest BCUT2D eigenvalue weighted by Gasteiger charge is 2.18. The minimum absolute atomic E-state index is 0.0863. The minimum Gasteiger partial charge on any atom is -0.394 e. The van der Waals surface area contributed by atoms with Crippen molar-refractivity contribution in [3.63, 3.8) is 0 Å². The van der Waals surface area contributed by atoms with E-state index in [1.165, 1.54) is 0 Å². The van der Waals surface area contributed by atoms with E-state index in [9.17, 15) is 4.79 Å². The maximum atomic E-state index is 11.9. The van der Waals surface area contributed by atoms with Crippen LogP contribution in [0.3, 0.4) is 0 Å². The lowest BCUT2D eigenvalue weighted by atomic mass is 10.1. The fraction of sp³-hybridized carbons (Fsp3) is 0.333. The van der Waals surface area contributed by atoms with Crippen molar-refractivity contribution < 1.29 is 9.90 Å². The molecule has 0 aliphatic heterocycles. The first kappa shape index (κ1) is 14.3. The highest BCUT2D eigenvalue weighted by molar-refractivity contribution is 5.79. The summed E-state index contributed by atoms with van der Waals surface area (Å²) in [5, 5.41) is 16.1. The van der Waals surface area contributed by atoms with Crippen LogP contribution in [-0.4, -0.2) is 32.9 Å². The number of nitrogens with one attached hydrogen (secondary N) is 1. The van der Waals surface area contributed by atoms with Crippen molar-refractivity contribution in [2.45, 2.75) is 25.8 Å². The highest BCUT2D eigenvalue weighted by Crippen LogP contribution is 2.10. The Hall–Kier alpha value is -2.14. The molecule has 0 unspecified atom stereocenters. The predicted octanol–water partition coefficient (Wildman–Crippen LogP) is 1.30. The van der Waals surface area contributed by atoms with E-state index in [-0.39, 0.29) is 12.5 Å². The van der Waals surface area contributed by atoms with Crippen molar-refractivity contribution >= 4 is 5.91 Å². The number of amides is 1. The summed E-state index contributed by atoms with van der Waals surface area (Å²) in [6, 6.07) is 9.52.